The summed E-state index contributed by atoms with van der Waals surface area (Å²) in [4.78, 5) is 12.0. The zero-order valence-electron chi connectivity index (χ0n) is 14.7. The van der Waals surface area contributed by atoms with Crippen LogP contribution in [0.15, 0.2) is 28.8 Å². The molecule has 1 heterocycles. The molecule has 0 saturated heterocycles. The van der Waals surface area contributed by atoms with E-state index in [4.69, 9.17) is 15.0 Å². The molecule has 0 bridgehead atoms. The van der Waals surface area contributed by atoms with E-state index in [-0.39, 0.29) is 5.91 Å². The van der Waals surface area contributed by atoms with Crippen molar-refractivity contribution in [2.24, 2.45) is 5.73 Å². The molecule has 130 valence electrons. The van der Waals surface area contributed by atoms with Crippen LogP contribution in [0.4, 0.5) is 0 Å². The second kappa shape index (κ2) is 7.49. The fraction of sp³-hybridized carbons (Fsp3) is 0.444. The Hall–Kier alpha value is -2.34. The van der Waals surface area contributed by atoms with Crippen molar-refractivity contribution in [3.05, 3.63) is 46.8 Å². The summed E-state index contributed by atoms with van der Waals surface area (Å²) in [6.45, 7) is 8.36. The zero-order chi connectivity index (χ0) is 17.7. The fourth-order valence-corrected chi connectivity index (χ4v) is 2.23. The number of aryl methyl sites for hydroxylation is 2. The molecule has 0 spiro atoms. The van der Waals surface area contributed by atoms with Gasteiger partial charge in [0.25, 0.3) is 0 Å². The monoisotopic (exact) mass is 331 g/mol. The van der Waals surface area contributed by atoms with Crippen molar-refractivity contribution in [3.63, 3.8) is 0 Å². The van der Waals surface area contributed by atoms with Crippen molar-refractivity contribution in [1.29, 1.82) is 0 Å². The third-order valence-electron chi connectivity index (χ3n) is 3.84. The molecule has 24 heavy (non-hydrogen) atoms. The van der Waals surface area contributed by atoms with Crippen LogP contribution in [0.5, 0.6) is 5.75 Å². The van der Waals surface area contributed by atoms with Gasteiger partial charge in [-0.2, -0.15) is 0 Å². The average Bonchev–Trinajstić information content (AvgIpc) is 2.85. The zero-order valence-corrected chi connectivity index (χ0v) is 14.7. The SMILES string of the molecule is Cc1noc(C)c1COc1ccc(CC(=O)NC(C)(C)CN)cc1. The van der Waals surface area contributed by atoms with Crippen LogP contribution in [0.3, 0.4) is 0 Å². The van der Waals surface area contributed by atoms with E-state index >= 15 is 0 Å². The van der Waals surface area contributed by atoms with Gasteiger partial charge in [0.15, 0.2) is 0 Å². The highest BCUT2D eigenvalue weighted by atomic mass is 16.5. The molecular weight excluding hydrogens is 306 g/mol. The van der Waals surface area contributed by atoms with Crippen molar-refractivity contribution < 1.29 is 14.1 Å². The van der Waals surface area contributed by atoms with Gasteiger partial charge >= 0.3 is 0 Å². The molecule has 2 aromatic rings. The lowest BCUT2D eigenvalue weighted by molar-refractivity contribution is -0.121. The summed E-state index contributed by atoms with van der Waals surface area (Å²) >= 11 is 0. The molecule has 0 aliphatic carbocycles. The number of ether oxygens (including phenoxy) is 1. The van der Waals surface area contributed by atoms with Gasteiger partial charge in [-0.1, -0.05) is 17.3 Å². The molecule has 3 N–H and O–H groups in total. The van der Waals surface area contributed by atoms with Crippen molar-refractivity contribution in [1.82, 2.24) is 10.5 Å². The molecule has 1 aromatic heterocycles. The summed E-state index contributed by atoms with van der Waals surface area (Å²) in [5.74, 6) is 1.46. The molecule has 0 aliphatic heterocycles. The highest BCUT2D eigenvalue weighted by molar-refractivity contribution is 5.79. The van der Waals surface area contributed by atoms with Crippen molar-refractivity contribution in [3.8, 4) is 5.75 Å². The lowest BCUT2D eigenvalue weighted by atomic mass is 10.0. The van der Waals surface area contributed by atoms with Crippen LogP contribution in [0, 0.1) is 13.8 Å². The average molecular weight is 331 g/mol. The number of nitrogens with zero attached hydrogens (tertiary/aromatic N) is 1. The number of hydrogen-bond acceptors (Lipinski definition) is 5. The Labute approximate surface area is 142 Å². The fourth-order valence-electron chi connectivity index (χ4n) is 2.23. The van der Waals surface area contributed by atoms with E-state index in [1.54, 1.807) is 0 Å². The van der Waals surface area contributed by atoms with Crippen molar-refractivity contribution in [2.75, 3.05) is 6.54 Å². The Morgan fingerprint density at radius 2 is 1.96 bits per heavy atom. The Morgan fingerprint density at radius 1 is 1.29 bits per heavy atom. The van der Waals surface area contributed by atoms with Gasteiger partial charge in [-0.3, -0.25) is 4.79 Å². The van der Waals surface area contributed by atoms with Gasteiger partial charge in [0, 0.05) is 12.1 Å². The van der Waals surface area contributed by atoms with Gasteiger partial charge in [-0.15, -0.1) is 0 Å². The lowest BCUT2D eigenvalue weighted by Crippen LogP contribution is -2.49. The Kier molecular flexibility index (Phi) is 5.62. The minimum atomic E-state index is -0.394. The second-order valence-electron chi connectivity index (χ2n) is 6.55. The summed E-state index contributed by atoms with van der Waals surface area (Å²) in [5.41, 5.74) is 7.94. The van der Waals surface area contributed by atoms with Gasteiger partial charge < -0.3 is 20.3 Å². The first-order valence-electron chi connectivity index (χ1n) is 7.95. The van der Waals surface area contributed by atoms with Crippen LogP contribution in [-0.4, -0.2) is 23.1 Å². The van der Waals surface area contributed by atoms with E-state index < -0.39 is 5.54 Å². The first-order valence-corrected chi connectivity index (χ1v) is 7.95. The molecule has 0 radical (unpaired) electrons. The molecule has 0 atom stereocenters. The molecule has 0 saturated carbocycles. The molecule has 2 rings (SSSR count). The van der Waals surface area contributed by atoms with E-state index in [9.17, 15) is 4.79 Å². The smallest absolute Gasteiger partial charge is 0.224 e. The Morgan fingerprint density at radius 3 is 2.50 bits per heavy atom. The van der Waals surface area contributed by atoms with E-state index in [0.717, 1.165) is 28.3 Å². The van der Waals surface area contributed by atoms with Crippen molar-refractivity contribution in [2.45, 2.75) is 46.3 Å². The normalized spacial score (nSPS) is 11.4. The van der Waals surface area contributed by atoms with Crippen LogP contribution >= 0.6 is 0 Å². The maximum absolute atomic E-state index is 12.0. The quantitative estimate of drug-likeness (QED) is 0.812. The van der Waals surface area contributed by atoms with Gasteiger partial charge in [-0.25, -0.2) is 0 Å². The number of nitrogens with one attached hydrogen (secondary N) is 1. The molecule has 1 aromatic carbocycles. The number of hydrogen-bond donors (Lipinski definition) is 2. The van der Waals surface area contributed by atoms with E-state index in [1.165, 1.54) is 0 Å². The summed E-state index contributed by atoms with van der Waals surface area (Å²) < 4.78 is 10.9. The van der Waals surface area contributed by atoms with Gasteiger partial charge in [0.1, 0.15) is 18.1 Å². The number of benzene rings is 1. The summed E-state index contributed by atoms with van der Waals surface area (Å²) in [6, 6.07) is 7.49. The maximum atomic E-state index is 12.0. The molecule has 6 heteroatoms. The molecule has 6 nitrogen and oxygen atoms in total. The highest BCUT2D eigenvalue weighted by Crippen LogP contribution is 2.18. The Bertz CT molecular complexity index is 671. The van der Waals surface area contributed by atoms with Gasteiger partial charge in [-0.05, 0) is 45.4 Å². The minimum absolute atomic E-state index is 0.0464. The van der Waals surface area contributed by atoms with Crippen LogP contribution in [0.1, 0.15) is 36.4 Å². The van der Waals surface area contributed by atoms with Crippen LogP contribution in [0.25, 0.3) is 0 Å². The van der Waals surface area contributed by atoms with Crippen molar-refractivity contribution >= 4 is 5.91 Å². The third kappa shape index (κ3) is 4.83. The number of nitrogens with two attached hydrogens (primary N) is 1. The first kappa shape index (κ1) is 18.0. The standard InChI is InChI=1S/C18H25N3O3/c1-12-16(13(2)24-21-12)10-23-15-7-5-14(6-8-15)9-17(22)20-18(3,4)11-19/h5-8H,9-11,19H2,1-4H3,(H,20,22). The summed E-state index contributed by atoms with van der Waals surface area (Å²) in [7, 11) is 0. The molecular formula is C18H25N3O3. The van der Waals surface area contributed by atoms with Gasteiger partial charge in [0.05, 0.1) is 17.7 Å². The van der Waals surface area contributed by atoms with E-state index in [2.05, 4.69) is 10.5 Å². The minimum Gasteiger partial charge on any atom is -0.489 e. The second-order valence-corrected chi connectivity index (χ2v) is 6.55. The third-order valence-corrected chi connectivity index (χ3v) is 3.84. The number of carbonyl (C=O) groups is 1. The first-order chi connectivity index (χ1) is 11.3. The molecule has 0 fully saturated rings. The largest absolute Gasteiger partial charge is 0.489 e. The predicted molar refractivity (Wildman–Crippen MR) is 91.7 cm³/mol. The number of amides is 1. The van der Waals surface area contributed by atoms with E-state index in [0.29, 0.717) is 19.6 Å². The highest BCUT2D eigenvalue weighted by Gasteiger charge is 2.18. The Balaban J connectivity index is 1.90. The molecule has 1 amide bonds. The number of carbonyl (C=O) groups excluding carboxylic acids is 1. The number of rotatable bonds is 7. The van der Waals surface area contributed by atoms with E-state index in [1.807, 2.05) is 52.0 Å². The summed E-state index contributed by atoms with van der Waals surface area (Å²) in [5, 5.41) is 6.82. The maximum Gasteiger partial charge on any atom is 0.224 e. The van der Waals surface area contributed by atoms with Crippen LogP contribution in [0.2, 0.25) is 0 Å². The van der Waals surface area contributed by atoms with Gasteiger partial charge in [0.2, 0.25) is 5.91 Å². The summed E-state index contributed by atoms with van der Waals surface area (Å²) in [6.07, 6.45) is 0.313. The lowest BCUT2D eigenvalue weighted by Gasteiger charge is -2.24. The number of aromatic nitrogens is 1. The predicted octanol–water partition coefficient (Wildman–Crippen LogP) is 2.27. The van der Waals surface area contributed by atoms with Crippen LogP contribution in [-0.2, 0) is 17.8 Å². The van der Waals surface area contributed by atoms with Crippen LogP contribution < -0.4 is 15.8 Å². The molecule has 0 unspecified atom stereocenters. The molecule has 0 aliphatic rings. The topological polar surface area (TPSA) is 90.4 Å².